The van der Waals surface area contributed by atoms with E-state index in [1.165, 1.54) is 23.9 Å². The summed E-state index contributed by atoms with van der Waals surface area (Å²) in [6.45, 7) is 1.99. The van der Waals surface area contributed by atoms with Gasteiger partial charge in [-0.3, -0.25) is 10.1 Å². The van der Waals surface area contributed by atoms with Gasteiger partial charge in [-0.25, -0.2) is 4.98 Å². The summed E-state index contributed by atoms with van der Waals surface area (Å²) in [4.78, 5) is 14.9. The van der Waals surface area contributed by atoms with Crippen molar-refractivity contribution in [1.82, 2.24) is 15.2 Å². The van der Waals surface area contributed by atoms with Crippen LogP contribution in [-0.4, -0.2) is 20.1 Å². The minimum atomic E-state index is -0.468. The molecule has 0 N–H and O–H groups in total. The average molecular weight is 403 g/mol. The van der Waals surface area contributed by atoms with Crippen LogP contribution >= 0.6 is 11.8 Å². The third-order valence-electron chi connectivity index (χ3n) is 4.18. The van der Waals surface area contributed by atoms with E-state index in [-0.39, 0.29) is 11.6 Å². The van der Waals surface area contributed by atoms with Crippen molar-refractivity contribution >= 4 is 28.4 Å². The second-order valence-electron chi connectivity index (χ2n) is 6.24. The standard InChI is InChI=1S/C20H13N5O3S/c1-12-2-7-17-14(8-12)9-15(10-21)20(22-17)29-11-18-23-24-19(28-18)13-3-5-16(6-4-13)25(26)27/h2-9H,11H2,1H3. The van der Waals surface area contributed by atoms with Gasteiger partial charge >= 0.3 is 0 Å². The minimum Gasteiger partial charge on any atom is -0.420 e. The van der Waals surface area contributed by atoms with Gasteiger partial charge in [0.2, 0.25) is 11.8 Å². The first-order chi connectivity index (χ1) is 14.0. The van der Waals surface area contributed by atoms with Crippen molar-refractivity contribution in [2.45, 2.75) is 17.7 Å². The molecule has 4 rings (SSSR count). The average Bonchev–Trinajstić information content (AvgIpc) is 3.20. The van der Waals surface area contributed by atoms with Gasteiger partial charge in [0.05, 0.1) is 21.8 Å². The van der Waals surface area contributed by atoms with Gasteiger partial charge in [-0.15, -0.1) is 10.2 Å². The largest absolute Gasteiger partial charge is 0.420 e. The fourth-order valence-corrected chi connectivity index (χ4v) is 3.55. The molecule has 0 spiro atoms. The van der Waals surface area contributed by atoms with Crippen LogP contribution in [0.4, 0.5) is 5.69 Å². The lowest BCUT2D eigenvalue weighted by atomic mass is 10.1. The molecule has 142 valence electrons. The summed E-state index contributed by atoms with van der Waals surface area (Å²) in [7, 11) is 0. The summed E-state index contributed by atoms with van der Waals surface area (Å²) in [5.41, 5.74) is 2.99. The zero-order chi connectivity index (χ0) is 20.4. The number of nitriles is 1. The molecule has 0 saturated carbocycles. The molecule has 0 amide bonds. The van der Waals surface area contributed by atoms with E-state index >= 15 is 0 Å². The van der Waals surface area contributed by atoms with Crippen molar-refractivity contribution in [2.24, 2.45) is 0 Å². The molecule has 4 aromatic rings. The van der Waals surface area contributed by atoms with E-state index in [0.29, 0.717) is 27.8 Å². The van der Waals surface area contributed by atoms with Gasteiger partial charge in [0.15, 0.2) is 0 Å². The molecule has 29 heavy (non-hydrogen) atoms. The highest BCUT2D eigenvalue weighted by Crippen LogP contribution is 2.29. The monoisotopic (exact) mass is 403 g/mol. The van der Waals surface area contributed by atoms with E-state index in [9.17, 15) is 15.4 Å². The third kappa shape index (κ3) is 3.93. The van der Waals surface area contributed by atoms with E-state index in [2.05, 4.69) is 21.3 Å². The lowest BCUT2D eigenvalue weighted by Gasteiger charge is -2.05. The molecule has 0 unspecified atom stereocenters. The molecule has 2 heterocycles. The van der Waals surface area contributed by atoms with Crippen molar-refractivity contribution < 1.29 is 9.34 Å². The number of non-ortho nitro benzene ring substituents is 1. The number of hydrogen-bond acceptors (Lipinski definition) is 8. The number of rotatable bonds is 5. The highest BCUT2D eigenvalue weighted by molar-refractivity contribution is 7.98. The second-order valence-corrected chi connectivity index (χ2v) is 7.21. The summed E-state index contributed by atoms with van der Waals surface area (Å²) < 4.78 is 5.64. The van der Waals surface area contributed by atoms with Crippen molar-refractivity contribution in [3.05, 3.63) is 75.7 Å². The van der Waals surface area contributed by atoms with E-state index in [0.717, 1.165) is 16.5 Å². The zero-order valence-electron chi connectivity index (χ0n) is 15.2. The predicted molar refractivity (Wildman–Crippen MR) is 107 cm³/mol. The van der Waals surface area contributed by atoms with Crippen LogP contribution in [0.3, 0.4) is 0 Å². The summed E-state index contributed by atoms with van der Waals surface area (Å²) in [5.74, 6) is 0.995. The van der Waals surface area contributed by atoms with Crippen LogP contribution in [0.25, 0.3) is 22.4 Å². The minimum absolute atomic E-state index is 0.00866. The molecule has 0 aliphatic rings. The Hall–Kier alpha value is -3.77. The Labute approximate surface area is 169 Å². The van der Waals surface area contributed by atoms with E-state index in [4.69, 9.17) is 4.42 Å². The first-order valence-corrected chi connectivity index (χ1v) is 9.53. The summed E-state index contributed by atoms with van der Waals surface area (Å²) in [6.07, 6.45) is 0. The summed E-state index contributed by atoms with van der Waals surface area (Å²) in [5, 5.41) is 29.7. The number of benzene rings is 2. The van der Waals surface area contributed by atoms with Crippen LogP contribution in [0.1, 0.15) is 17.0 Å². The molecular weight excluding hydrogens is 390 g/mol. The molecule has 0 atom stereocenters. The molecule has 0 aliphatic carbocycles. The van der Waals surface area contributed by atoms with Gasteiger partial charge in [0.25, 0.3) is 5.69 Å². The molecule has 0 bridgehead atoms. The number of nitro groups is 1. The van der Waals surface area contributed by atoms with Crippen LogP contribution in [-0.2, 0) is 5.75 Å². The molecule has 0 fully saturated rings. The van der Waals surface area contributed by atoms with Gasteiger partial charge in [-0.2, -0.15) is 5.26 Å². The van der Waals surface area contributed by atoms with Crippen molar-refractivity contribution in [2.75, 3.05) is 0 Å². The smallest absolute Gasteiger partial charge is 0.269 e. The number of aromatic nitrogens is 3. The fourth-order valence-electron chi connectivity index (χ4n) is 2.75. The normalized spacial score (nSPS) is 10.8. The number of pyridine rings is 1. The molecule has 0 radical (unpaired) electrons. The predicted octanol–water partition coefficient (Wildman–Crippen LogP) is 4.67. The Morgan fingerprint density at radius 1 is 1.17 bits per heavy atom. The highest BCUT2D eigenvalue weighted by Gasteiger charge is 2.13. The lowest BCUT2D eigenvalue weighted by molar-refractivity contribution is -0.384. The maximum absolute atomic E-state index is 10.7. The molecule has 2 aromatic carbocycles. The van der Waals surface area contributed by atoms with Crippen LogP contribution in [0.5, 0.6) is 0 Å². The van der Waals surface area contributed by atoms with Gasteiger partial charge in [0, 0.05) is 23.1 Å². The van der Waals surface area contributed by atoms with Gasteiger partial charge in [-0.05, 0) is 37.3 Å². The van der Waals surface area contributed by atoms with E-state index in [1.54, 1.807) is 12.1 Å². The number of nitro benzene ring substituents is 1. The summed E-state index contributed by atoms with van der Waals surface area (Å²) >= 11 is 1.34. The van der Waals surface area contributed by atoms with Crippen LogP contribution in [0.2, 0.25) is 0 Å². The van der Waals surface area contributed by atoms with Gasteiger partial charge in [0.1, 0.15) is 11.1 Å². The second kappa shape index (κ2) is 7.69. The Bertz CT molecular complexity index is 1260. The number of aryl methyl sites for hydroxylation is 1. The molecule has 8 nitrogen and oxygen atoms in total. The first-order valence-electron chi connectivity index (χ1n) is 8.55. The molecular formula is C20H13N5O3S. The summed E-state index contributed by atoms with van der Waals surface area (Å²) in [6, 6.07) is 15.8. The van der Waals surface area contributed by atoms with Gasteiger partial charge in [-0.1, -0.05) is 23.4 Å². The number of nitrogens with zero attached hydrogens (tertiary/aromatic N) is 5. The number of thioether (sulfide) groups is 1. The Kier molecular flexibility index (Phi) is 4.93. The topological polar surface area (TPSA) is 119 Å². The Morgan fingerprint density at radius 3 is 2.69 bits per heavy atom. The van der Waals surface area contributed by atoms with Crippen molar-refractivity contribution in [3.8, 4) is 17.5 Å². The van der Waals surface area contributed by atoms with Crippen molar-refractivity contribution in [3.63, 3.8) is 0 Å². The maximum atomic E-state index is 10.7. The van der Waals surface area contributed by atoms with Crippen LogP contribution in [0.15, 0.2) is 58.0 Å². The van der Waals surface area contributed by atoms with E-state index in [1.807, 2.05) is 31.2 Å². The Balaban J connectivity index is 1.53. The molecule has 9 heteroatoms. The molecule has 2 aromatic heterocycles. The zero-order valence-corrected chi connectivity index (χ0v) is 16.0. The fraction of sp³-hybridized carbons (Fsp3) is 0.100. The maximum Gasteiger partial charge on any atom is 0.269 e. The lowest BCUT2D eigenvalue weighted by Crippen LogP contribution is -1.91. The number of fused-ring (bicyclic) bond motifs is 1. The molecule has 0 saturated heterocycles. The van der Waals surface area contributed by atoms with Crippen LogP contribution in [0, 0.1) is 28.4 Å². The SMILES string of the molecule is Cc1ccc2nc(SCc3nnc(-c4ccc([N+](=O)[O-])cc4)o3)c(C#N)cc2c1. The third-order valence-corrected chi connectivity index (χ3v) is 5.16. The van der Waals surface area contributed by atoms with Crippen molar-refractivity contribution in [1.29, 1.82) is 5.26 Å². The van der Waals surface area contributed by atoms with Crippen LogP contribution < -0.4 is 0 Å². The number of hydrogen-bond donors (Lipinski definition) is 0. The molecule has 0 aliphatic heterocycles. The Morgan fingerprint density at radius 2 is 1.97 bits per heavy atom. The highest BCUT2D eigenvalue weighted by atomic mass is 32.2. The first kappa shape index (κ1) is 18.6. The quantitative estimate of drug-likeness (QED) is 0.268. The van der Waals surface area contributed by atoms with E-state index < -0.39 is 4.92 Å². The van der Waals surface area contributed by atoms with Gasteiger partial charge < -0.3 is 4.42 Å².